The van der Waals surface area contributed by atoms with Crippen molar-refractivity contribution in [2.24, 2.45) is 0 Å². The highest BCUT2D eigenvalue weighted by atomic mass is 35.5. The normalized spacial score (nSPS) is 12.4. The Bertz CT molecular complexity index is 357. The molecule has 1 rings (SSSR count). The van der Waals surface area contributed by atoms with Crippen LogP contribution in [0.15, 0.2) is 12.1 Å². The molecule has 2 N–H and O–H groups in total. The Hall–Kier alpha value is -0.620. The van der Waals surface area contributed by atoms with Crippen molar-refractivity contribution in [1.82, 2.24) is 10.6 Å². The third kappa shape index (κ3) is 6.02. The number of amides is 1. The average Bonchev–Trinajstić information content (AvgIpc) is 2.64. The van der Waals surface area contributed by atoms with E-state index >= 15 is 0 Å². The zero-order valence-corrected chi connectivity index (χ0v) is 11.5. The molecule has 1 aromatic heterocycles. The maximum Gasteiger partial charge on any atom is 0.234 e. The SMILES string of the molecule is COCC(C)NC(=O)CNCc1ccc(Cl)s1. The predicted octanol–water partition coefficient (Wildman–Crippen LogP) is 1.64. The first kappa shape index (κ1) is 14.4. The van der Waals surface area contributed by atoms with Gasteiger partial charge in [0.15, 0.2) is 0 Å². The van der Waals surface area contributed by atoms with Gasteiger partial charge in [-0.25, -0.2) is 0 Å². The summed E-state index contributed by atoms with van der Waals surface area (Å²) in [5.41, 5.74) is 0. The summed E-state index contributed by atoms with van der Waals surface area (Å²) in [6.07, 6.45) is 0. The second-order valence-electron chi connectivity index (χ2n) is 3.73. The molecule has 0 spiro atoms. The van der Waals surface area contributed by atoms with E-state index in [-0.39, 0.29) is 11.9 Å². The summed E-state index contributed by atoms with van der Waals surface area (Å²) in [5, 5.41) is 5.88. The molecule has 0 bridgehead atoms. The largest absolute Gasteiger partial charge is 0.383 e. The van der Waals surface area contributed by atoms with E-state index in [1.165, 1.54) is 11.3 Å². The van der Waals surface area contributed by atoms with Crippen molar-refractivity contribution in [3.05, 3.63) is 21.3 Å². The second-order valence-corrected chi connectivity index (χ2v) is 5.53. The zero-order chi connectivity index (χ0) is 12.7. The molecule has 17 heavy (non-hydrogen) atoms. The standard InChI is InChI=1S/C11H17ClN2O2S/c1-8(7-16-2)14-11(15)6-13-5-9-3-4-10(12)17-9/h3-4,8,13H,5-7H2,1-2H3,(H,14,15). The van der Waals surface area contributed by atoms with Crippen molar-refractivity contribution in [1.29, 1.82) is 0 Å². The third-order valence-electron chi connectivity index (χ3n) is 2.04. The van der Waals surface area contributed by atoms with E-state index in [9.17, 15) is 4.79 Å². The van der Waals surface area contributed by atoms with Crippen LogP contribution in [0, 0.1) is 0 Å². The van der Waals surface area contributed by atoms with Crippen LogP contribution in [-0.2, 0) is 16.1 Å². The average molecular weight is 277 g/mol. The van der Waals surface area contributed by atoms with Crippen LogP contribution in [0.4, 0.5) is 0 Å². The first-order valence-electron chi connectivity index (χ1n) is 5.35. The fourth-order valence-electron chi connectivity index (χ4n) is 1.36. The van der Waals surface area contributed by atoms with Gasteiger partial charge in [0.1, 0.15) is 0 Å². The van der Waals surface area contributed by atoms with Crippen molar-refractivity contribution in [3.8, 4) is 0 Å². The lowest BCUT2D eigenvalue weighted by Crippen LogP contribution is -2.40. The van der Waals surface area contributed by atoms with Gasteiger partial charge in [-0.15, -0.1) is 11.3 Å². The minimum atomic E-state index is -0.0304. The predicted molar refractivity (Wildman–Crippen MR) is 70.5 cm³/mol. The van der Waals surface area contributed by atoms with Gasteiger partial charge in [-0.2, -0.15) is 0 Å². The molecule has 0 saturated heterocycles. The van der Waals surface area contributed by atoms with Crippen LogP contribution in [0.3, 0.4) is 0 Å². The molecule has 0 fully saturated rings. The zero-order valence-electron chi connectivity index (χ0n) is 9.96. The number of nitrogens with one attached hydrogen (secondary N) is 2. The summed E-state index contributed by atoms with van der Waals surface area (Å²) in [5.74, 6) is -0.0304. The maximum absolute atomic E-state index is 11.5. The van der Waals surface area contributed by atoms with Crippen LogP contribution in [0.25, 0.3) is 0 Å². The van der Waals surface area contributed by atoms with E-state index in [0.717, 1.165) is 9.21 Å². The molecule has 1 atom stereocenters. The van der Waals surface area contributed by atoms with Gasteiger partial charge in [-0.05, 0) is 19.1 Å². The topological polar surface area (TPSA) is 50.4 Å². The molecule has 1 aromatic rings. The molecule has 96 valence electrons. The minimum absolute atomic E-state index is 0.0304. The van der Waals surface area contributed by atoms with E-state index in [1.807, 2.05) is 19.1 Å². The summed E-state index contributed by atoms with van der Waals surface area (Å²) in [4.78, 5) is 12.6. The van der Waals surface area contributed by atoms with Gasteiger partial charge in [0, 0.05) is 24.6 Å². The van der Waals surface area contributed by atoms with Gasteiger partial charge >= 0.3 is 0 Å². The Morgan fingerprint density at radius 1 is 1.59 bits per heavy atom. The van der Waals surface area contributed by atoms with E-state index in [4.69, 9.17) is 16.3 Å². The van der Waals surface area contributed by atoms with Crippen LogP contribution in [0.5, 0.6) is 0 Å². The highest BCUT2D eigenvalue weighted by Gasteiger charge is 2.06. The number of ether oxygens (including phenoxy) is 1. The van der Waals surface area contributed by atoms with Crippen molar-refractivity contribution < 1.29 is 9.53 Å². The van der Waals surface area contributed by atoms with E-state index in [2.05, 4.69) is 10.6 Å². The van der Waals surface area contributed by atoms with Gasteiger partial charge in [-0.3, -0.25) is 4.79 Å². The molecule has 1 amide bonds. The Morgan fingerprint density at radius 3 is 2.94 bits per heavy atom. The highest BCUT2D eigenvalue weighted by Crippen LogP contribution is 2.20. The molecule has 1 unspecified atom stereocenters. The van der Waals surface area contributed by atoms with Crippen LogP contribution < -0.4 is 10.6 Å². The molecule has 0 aliphatic carbocycles. The molecule has 0 aromatic carbocycles. The van der Waals surface area contributed by atoms with Crippen LogP contribution in [0.2, 0.25) is 4.34 Å². The highest BCUT2D eigenvalue weighted by molar-refractivity contribution is 7.16. The number of methoxy groups -OCH3 is 1. The Balaban J connectivity index is 2.16. The fourth-order valence-corrected chi connectivity index (χ4v) is 2.42. The van der Waals surface area contributed by atoms with Crippen molar-refractivity contribution in [2.75, 3.05) is 20.3 Å². The monoisotopic (exact) mass is 276 g/mol. The maximum atomic E-state index is 11.5. The minimum Gasteiger partial charge on any atom is -0.383 e. The number of carbonyl (C=O) groups is 1. The van der Waals surface area contributed by atoms with Crippen molar-refractivity contribution in [3.63, 3.8) is 0 Å². The van der Waals surface area contributed by atoms with Gasteiger partial charge in [0.25, 0.3) is 0 Å². The van der Waals surface area contributed by atoms with Gasteiger partial charge < -0.3 is 15.4 Å². The van der Waals surface area contributed by atoms with Crippen LogP contribution >= 0.6 is 22.9 Å². The molecular formula is C11H17ClN2O2S. The summed E-state index contributed by atoms with van der Waals surface area (Å²) in [7, 11) is 1.61. The molecule has 4 nitrogen and oxygen atoms in total. The lowest BCUT2D eigenvalue weighted by atomic mass is 10.3. The molecule has 1 heterocycles. The molecule has 0 radical (unpaired) electrons. The molecule has 0 saturated carbocycles. The fraction of sp³-hybridized carbons (Fsp3) is 0.545. The molecule has 0 aliphatic rings. The Labute approximate surface area is 110 Å². The summed E-state index contributed by atoms with van der Waals surface area (Å²) >= 11 is 7.32. The van der Waals surface area contributed by atoms with Crippen molar-refractivity contribution in [2.45, 2.75) is 19.5 Å². The van der Waals surface area contributed by atoms with Crippen molar-refractivity contribution >= 4 is 28.8 Å². The number of carbonyl (C=O) groups excluding carboxylic acids is 1. The summed E-state index contributed by atoms with van der Waals surface area (Å²) < 4.78 is 5.70. The molecule has 6 heteroatoms. The Morgan fingerprint density at radius 2 is 2.35 bits per heavy atom. The number of rotatable bonds is 7. The van der Waals surface area contributed by atoms with Gasteiger partial charge in [0.05, 0.1) is 17.5 Å². The second kappa shape index (κ2) is 7.66. The quantitative estimate of drug-likeness (QED) is 0.796. The number of hydrogen-bond acceptors (Lipinski definition) is 4. The van der Waals surface area contributed by atoms with Gasteiger partial charge in [0.2, 0.25) is 5.91 Å². The number of hydrogen-bond donors (Lipinski definition) is 2. The summed E-state index contributed by atoms with van der Waals surface area (Å²) in [6.45, 7) is 3.37. The number of thiophene rings is 1. The van der Waals surface area contributed by atoms with Crippen LogP contribution in [-0.4, -0.2) is 32.2 Å². The number of halogens is 1. The smallest absolute Gasteiger partial charge is 0.234 e. The van der Waals surface area contributed by atoms with Gasteiger partial charge in [-0.1, -0.05) is 11.6 Å². The third-order valence-corrected chi connectivity index (χ3v) is 3.27. The lowest BCUT2D eigenvalue weighted by Gasteiger charge is -2.12. The molecular weight excluding hydrogens is 260 g/mol. The molecule has 0 aliphatic heterocycles. The van der Waals surface area contributed by atoms with E-state index in [1.54, 1.807) is 7.11 Å². The van der Waals surface area contributed by atoms with Crippen LogP contribution in [0.1, 0.15) is 11.8 Å². The Kier molecular flexibility index (Phi) is 6.50. The lowest BCUT2D eigenvalue weighted by molar-refractivity contribution is -0.121. The van der Waals surface area contributed by atoms with E-state index in [0.29, 0.717) is 19.7 Å². The first-order valence-corrected chi connectivity index (χ1v) is 6.54. The first-order chi connectivity index (χ1) is 8.11. The van der Waals surface area contributed by atoms with E-state index < -0.39 is 0 Å². The summed E-state index contributed by atoms with van der Waals surface area (Å²) in [6, 6.07) is 3.83.